The van der Waals surface area contributed by atoms with Gasteiger partial charge in [0.1, 0.15) is 5.82 Å². The molecule has 1 heterocycles. The second-order valence-corrected chi connectivity index (χ2v) is 5.45. The normalized spacial score (nSPS) is 10.3. The molecule has 0 saturated heterocycles. The first kappa shape index (κ1) is 13.1. The van der Waals surface area contributed by atoms with Gasteiger partial charge in [-0.2, -0.15) is 0 Å². The minimum atomic E-state index is -0.0126. The van der Waals surface area contributed by atoms with E-state index in [0.29, 0.717) is 11.3 Å². The van der Waals surface area contributed by atoms with Gasteiger partial charge < -0.3 is 5.73 Å². The minimum absolute atomic E-state index is 0.0126. The van der Waals surface area contributed by atoms with Gasteiger partial charge in [0.25, 0.3) is 0 Å². The number of carbonyl (C=O) groups excluding carboxylic acids is 1. The average molecular weight is 323 g/mol. The Hall–Kier alpha value is -1.33. The van der Waals surface area contributed by atoms with Crippen molar-refractivity contribution in [3.05, 3.63) is 52.6 Å². The van der Waals surface area contributed by atoms with E-state index in [9.17, 15) is 4.79 Å². The lowest BCUT2D eigenvalue weighted by Gasteiger charge is -2.05. The van der Waals surface area contributed by atoms with E-state index in [1.807, 2.05) is 24.3 Å². The van der Waals surface area contributed by atoms with Crippen LogP contribution in [0.1, 0.15) is 10.4 Å². The number of anilines is 1. The summed E-state index contributed by atoms with van der Waals surface area (Å²) in [7, 11) is 0. The maximum absolute atomic E-state index is 12.0. The van der Waals surface area contributed by atoms with E-state index in [4.69, 9.17) is 5.73 Å². The van der Waals surface area contributed by atoms with Crippen molar-refractivity contribution >= 4 is 39.3 Å². The Bertz CT molecular complexity index is 574. The van der Waals surface area contributed by atoms with Crippen LogP contribution in [0.3, 0.4) is 0 Å². The fourth-order valence-electron chi connectivity index (χ4n) is 1.44. The highest BCUT2D eigenvalue weighted by Crippen LogP contribution is 2.27. The summed E-state index contributed by atoms with van der Waals surface area (Å²) in [6, 6.07) is 11.2. The van der Waals surface area contributed by atoms with E-state index in [-0.39, 0.29) is 11.6 Å². The highest BCUT2D eigenvalue weighted by Gasteiger charge is 2.11. The summed E-state index contributed by atoms with van der Waals surface area (Å²) in [5, 5.41) is 0. The molecule has 5 heteroatoms. The van der Waals surface area contributed by atoms with Crippen molar-refractivity contribution in [1.82, 2.24) is 4.98 Å². The Kier molecular flexibility index (Phi) is 4.38. The maximum atomic E-state index is 12.0. The van der Waals surface area contributed by atoms with Crippen LogP contribution in [0.2, 0.25) is 0 Å². The Morgan fingerprint density at radius 3 is 2.78 bits per heavy atom. The van der Waals surface area contributed by atoms with Crippen LogP contribution in [0.25, 0.3) is 0 Å². The Morgan fingerprint density at radius 2 is 2.06 bits per heavy atom. The number of nitrogen functional groups attached to an aromatic ring is 1. The van der Waals surface area contributed by atoms with Crippen molar-refractivity contribution in [3.63, 3.8) is 0 Å². The summed E-state index contributed by atoms with van der Waals surface area (Å²) >= 11 is 4.93. The van der Waals surface area contributed by atoms with Crippen LogP contribution in [0.5, 0.6) is 0 Å². The number of carbonyl (C=O) groups is 1. The monoisotopic (exact) mass is 322 g/mol. The third kappa shape index (κ3) is 3.11. The van der Waals surface area contributed by atoms with Gasteiger partial charge in [0.05, 0.1) is 11.3 Å². The van der Waals surface area contributed by atoms with Crippen molar-refractivity contribution in [2.75, 3.05) is 11.5 Å². The number of ketones is 1. The Morgan fingerprint density at radius 1 is 1.28 bits per heavy atom. The van der Waals surface area contributed by atoms with Crippen molar-refractivity contribution in [2.45, 2.75) is 4.90 Å². The van der Waals surface area contributed by atoms with Crippen LogP contribution in [0.15, 0.2) is 52.0 Å². The molecular formula is C13H11BrN2OS. The van der Waals surface area contributed by atoms with Crippen LogP contribution in [0.4, 0.5) is 5.82 Å². The highest BCUT2D eigenvalue weighted by molar-refractivity contribution is 9.10. The molecule has 0 saturated carbocycles. The van der Waals surface area contributed by atoms with Gasteiger partial charge in [-0.25, -0.2) is 4.98 Å². The number of rotatable bonds is 4. The van der Waals surface area contributed by atoms with Gasteiger partial charge in [0, 0.05) is 15.6 Å². The van der Waals surface area contributed by atoms with Gasteiger partial charge >= 0.3 is 0 Å². The molecule has 18 heavy (non-hydrogen) atoms. The molecule has 0 spiro atoms. The molecule has 3 nitrogen and oxygen atoms in total. The second-order valence-electron chi connectivity index (χ2n) is 3.58. The zero-order valence-electron chi connectivity index (χ0n) is 9.47. The first-order chi connectivity index (χ1) is 8.68. The Balaban J connectivity index is 2.06. The second kappa shape index (κ2) is 6.02. The first-order valence-electron chi connectivity index (χ1n) is 5.29. The van der Waals surface area contributed by atoms with Crippen LogP contribution in [0, 0.1) is 0 Å². The lowest BCUT2D eigenvalue weighted by Crippen LogP contribution is -2.07. The summed E-state index contributed by atoms with van der Waals surface area (Å²) in [4.78, 5) is 16.9. The largest absolute Gasteiger partial charge is 0.383 e. The molecule has 0 aliphatic rings. The van der Waals surface area contributed by atoms with E-state index >= 15 is 0 Å². The predicted octanol–water partition coefficient (Wildman–Crippen LogP) is 3.40. The van der Waals surface area contributed by atoms with Crippen LogP contribution < -0.4 is 5.73 Å². The van der Waals surface area contributed by atoms with Crippen LogP contribution >= 0.6 is 27.7 Å². The molecule has 0 unspecified atom stereocenters. The third-order valence-electron chi connectivity index (χ3n) is 2.33. The smallest absolute Gasteiger partial charge is 0.176 e. The number of pyridine rings is 1. The topological polar surface area (TPSA) is 56.0 Å². The number of benzene rings is 1. The van der Waals surface area contributed by atoms with E-state index in [2.05, 4.69) is 20.9 Å². The molecule has 1 aromatic carbocycles. The van der Waals surface area contributed by atoms with Gasteiger partial charge in [-0.3, -0.25) is 4.79 Å². The first-order valence-corrected chi connectivity index (χ1v) is 7.07. The molecular weight excluding hydrogens is 312 g/mol. The number of Topliss-reactive ketones (excluding diaryl/α,β-unsaturated/α-hetero) is 1. The highest BCUT2D eigenvalue weighted by atomic mass is 79.9. The summed E-state index contributed by atoms with van der Waals surface area (Å²) in [6.45, 7) is 0. The van der Waals surface area contributed by atoms with Gasteiger partial charge in [-0.1, -0.05) is 12.1 Å². The lowest BCUT2D eigenvalue weighted by molar-refractivity contribution is 0.102. The molecule has 0 amide bonds. The third-order valence-corrected chi connectivity index (χ3v) is 4.36. The molecule has 0 bridgehead atoms. The fourth-order valence-corrected chi connectivity index (χ4v) is 2.89. The summed E-state index contributed by atoms with van der Waals surface area (Å²) in [6.07, 6.45) is 1.58. The van der Waals surface area contributed by atoms with Crippen molar-refractivity contribution in [1.29, 1.82) is 0 Å². The molecule has 0 aliphatic carbocycles. The van der Waals surface area contributed by atoms with E-state index < -0.39 is 0 Å². The summed E-state index contributed by atoms with van der Waals surface area (Å²) in [5.41, 5.74) is 6.15. The SMILES string of the molecule is Nc1ncccc1C(=O)CSc1ccccc1Br. The molecule has 2 rings (SSSR count). The van der Waals surface area contributed by atoms with E-state index in [0.717, 1.165) is 9.37 Å². The molecule has 92 valence electrons. The number of aromatic nitrogens is 1. The van der Waals surface area contributed by atoms with Crippen LogP contribution in [-0.4, -0.2) is 16.5 Å². The Labute approximate surface area is 118 Å². The molecule has 1 aromatic heterocycles. The predicted molar refractivity (Wildman–Crippen MR) is 77.8 cm³/mol. The van der Waals surface area contributed by atoms with Gasteiger partial charge in [-0.05, 0) is 40.2 Å². The molecule has 0 fully saturated rings. The number of hydrogen-bond acceptors (Lipinski definition) is 4. The van der Waals surface area contributed by atoms with Gasteiger partial charge in [0.2, 0.25) is 0 Å². The number of thioether (sulfide) groups is 1. The van der Waals surface area contributed by atoms with Gasteiger partial charge in [-0.15, -0.1) is 11.8 Å². The van der Waals surface area contributed by atoms with Crippen molar-refractivity contribution < 1.29 is 4.79 Å². The zero-order chi connectivity index (χ0) is 13.0. The number of halogens is 1. The molecule has 0 radical (unpaired) electrons. The van der Waals surface area contributed by atoms with Crippen molar-refractivity contribution in [2.24, 2.45) is 0 Å². The quantitative estimate of drug-likeness (QED) is 0.692. The maximum Gasteiger partial charge on any atom is 0.176 e. The van der Waals surface area contributed by atoms with E-state index in [1.54, 1.807) is 18.3 Å². The van der Waals surface area contributed by atoms with Crippen LogP contribution in [-0.2, 0) is 0 Å². The number of nitrogens with two attached hydrogens (primary N) is 1. The minimum Gasteiger partial charge on any atom is -0.383 e. The zero-order valence-corrected chi connectivity index (χ0v) is 11.9. The van der Waals surface area contributed by atoms with Crippen molar-refractivity contribution in [3.8, 4) is 0 Å². The standard InChI is InChI=1S/C13H11BrN2OS/c14-10-5-1-2-6-12(10)18-8-11(17)9-4-3-7-16-13(9)15/h1-7H,8H2,(H2,15,16). The number of nitrogens with zero attached hydrogens (tertiary/aromatic N) is 1. The number of hydrogen-bond donors (Lipinski definition) is 1. The molecule has 2 N–H and O–H groups in total. The summed E-state index contributed by atoms with van der Waals surface area (Å²) < 4.78 is 0.988. The van der Waals surface area contributed by atoms with Gasteiger partial charge in [0.15, 0.2) is 5.78 Å². The summed E-state index contributed by atoms with van der Waals surface area (Å²) in [5.74, 6) is 0.620. The lowest BCUT2D eigenvalue weighted by atomic mass is 10.2. The average Bonchev–Trinajstić information content (AvgIpc) is 2.38. The van der Waals surface area contributed by atoms with E-state index in [1.165, 1.54) is 11.8 Å². The molecule has 2 aromatic rings. The molecule has 0 atom stereocenters. The molecule has 0 aliphatic heterocycles. The fraction of sp³-hybridized carbons (Fsp3) is 0.0769.